The zero-order valence-electron chi connectivity index (χ0n) is 15.2. The lowest BCUT2D eigenvalue weighted by molar-refractivity contribution is -0.113. The molecule has 3 aromatic rings. The Morgan fingerprint density at radius 3 is 2.43 bits per heavy atom. The maximum absolute atomic E-state index is 13.4. The number of methoxy groups -OCH3 is 1. The van der Waals surface area contributed by atoms with E-state index in [2.05, 4.69) is 4.99 Å². The molecule has 1 aliphatic rings. The molecule has 1 amide bonds. The molecule has 1 heterocycles. The lowest BCUT2D eigenvalue weighted by atomic mass is 10.1. The third-order valence-electron chi connectivity index (χ3n) is 4.37. The normalized spacial score (nSPS) is 15.1. The Hall–Kier alpha value is -3.73. The van der Waals surface area contributed by atoms with Gasteiger partial charge >= 0.3 is 0 Å². The average Bonchev–Trinajstić information content (AvgIpc) is 3.05. The summed E-state index contributed by atoms with van der Waals surface area (Å²) in [5.74, 6) is 0.577. The molecule has 0 unspecified atom stereocenters. The van der Waals surface area contributed by atoms with Gasteiger partial charge in [-0.3, -0.25) is 9.69 Å². The maximum atomic E-state index is 13.4. The van der Waals surface area contributed by atoms with Crippen molar-refractivity contribution in [1.82, 2.24) is 0 Å². The molecule has 138 valence electrons. The number of para-hydroxylation sites is 1. The van der Waals surface area contributed by atoms with Gasteiger partial charge in [-0.1, -0.05) is 30.3 Å². The van der Waals surface area contributed by atoms with Crippen LogP contribution in [0.2, 0.25) is 0 Å². The van der Waals surface area contributed by atoms with Crippen LogP contribution in [0.3, 0.4) is 0 Å². The molecular weight excluding hydrogens is 355 g/mol. The van der Waals surface area contributed by atoms with Gasteiger partial charge in [-0.2, -0.15) is 0 Å². The number of hydrogen-bond donors (Lipinski definition) is 0. The molecule has 0 N–H and O–H groups in total. The third-order valence-corrected chi connectivity index (χ3v) is 4.37. The molecule has 0 aromatic heterocycles. The van der Waals surface area contributed by atoms with Crippen LogP contribution in [0, 0.1) is 5.82 Å². The fraction of sp³-hybridized carbons (Fsp3) is 0.0435. The first-order valence-corrected chi connectivity index (χ1v) is 8.75. The van der Waals surface area contributed by atoms with Crippen molar-refractivity contribution in [3.8, 4) is 5.75 Å². The minimum absolute atomic E-state index is 0.242. The monoisotopic (exact) mass is 372 g/mol. The highest BCUT2D eigenvalue weighted by molar-refractivity contribution is 6.33. The number of ether oxygens (including phenoxy) is 1. The van der Waals surface area contributed by atoms with E-state index in [0.717, 1.165) is 5.56 Å². The minimum atomic E-state index is -0.341. The van der Waals surface area contributed by atoms with Crippen LogP contribution in [-0.4, -0.2) is 18.9 Å². The number of carbonyl (C=O) groups excluding carboxylic acids is 1. The van der Waals surface area contributed by atoms with Crippen LogP contribution >= 0.6 is 0 Å². The standard InChI is InChI=1S/C23H17FN2O2/c1-28-20-9-5-6-16(14-20)15-21-23(27)26(19-7-3-2-4-8-19)22(25-21)17-10-12-18(24)13-11-17/h2-15H,1H3/b21-15+. The Bertz CT molecular complexity index is 1070. The smallest absolute Gasteiger partial charge is 0.282 e. The van der Waals surface area contributed by atoms with Gasteiger partial charge in [0.15, 0.2) is 0 Å². The van der Waals surface area contributed by atoms with Crippen molar-refractivity contribution in [2.75, 3.05) is 12.0 Å². The number of rotatable bonds is 4. The fourth-order valence-corrected chi connectivity index (χ4v) is 3.02. The number of amidine groups is 1. The topological polar surface area (TPSA) is 41.9 Å². The fourth-order valence-electron chi connectivity index (χ4n) is 3.02. The summed E-state index contributed by atoms with van der Waals surface area (Å²) in [6.45, 7) is 0. The van der Waals surface area contributed by atoms with E-state index < -0.39 is 0 Å². The van der Waals surface area contributed by atoms with Gasteiger partial charge in [0.25, 0.3) is 5.91 Å². The predicted molar refractivity (Wildman–Crippen MR) is 108 cm³/mol. The SMILES string of the molecule is COc1cccc(/C=C2/N=C(c3ccc(F)cc3)N(c3ccccc3)C2=O)c1. The van der Waals surface area contributed by atoms with Crippen molar-refractivity contribution in [3.05, 3.63) is 102 Å². The molecule has 0 bridgehead atoms. The number of halogens is 1. The van der Waals surface area contributed by atoms with Gasteiger partial charge in [-0.05, 0) is 60.2 Å². The molecule has 0 saturated carbocycles. The molecule has 4 nitrogen and oxygen atoms in total. The molecule has 0 radical (unpaired) electrons. The summed E-state index contributed by atoms with van der Waals surface area (Å²) >= 11 is 0. The van der Waals surface area contributed by atoms with Crippen LogP contribution in [0.25, 0.3) is 6.08 Å². The van der Waals surface area contributed by atoms with Gasteiger partial charge in [0.2, 0.25) is 0 Å². The summed E-state index contributed by atoms with van der Waals surface area (Å²) in [7, 11) is 1.59. The quantitative estimate of drug-likeness (QED) is 0.625. The van der Waals surface area contributed by atoms with E-state index in [-0.39, 0.29) is 11.7 Å². The largest absolute Gasteiger partial charge is 0.497 e. The second-order valence-corrected chi connectivity index (χ2v) is 6.22. The maximum Gasteiger partial charge on any atom is 0.282 e. The Kier molecular flexibility index (Phi) is 4.72. The van der Waals surface area contributed by atoms with Gasteiger partial charge in [-0.25, -0.2) is 9.38 Å². The van der Waals surface area contributed by atoms with E-state index in [0.29, 0.717) is 28.5 Å². The molecule has 0 fully saturated rings. The number of amides is 1. The Morgan fingerprint density at radius 1 is 0.964 bits per heavy atom. The number of hydrogen-bond acceptors (Lipinski definition) is 3. The molecule has 0 atom stereocenters. The summed E-state index contributed by atoms with van der Waals surface area (Å²) in [5, 5.41) is 0. The average molecular weight is 372 g/mol. The summed E-state index contributed by atoms with van der Waals surface area (Å²) < 4.78 is 18.6. The highest BCUT2D eigenvalue weighted by atomic mass is 19.1. The zero-order chi connectivity index (χ0) is 19.5. The Labute approximate surface area is 162 Å². The second kappa shape index (κ2) is 7.48. The zero-order valence-corrected chi connectivity index (χ0v) is 15.2. The van der Waals surface area contributed by atoms with Crippen LogP contribution in [0.4, 0.5) is 10.1 Å². The van der Waals surface area contributed by atoms with Crippen molar-refractivity contribution in [1.29, 1.82) is 0 Å². The van der Waals surface area contributed by atoms with Gasteiger partial charge in [0.05, 0.1) is 12.8 Å². The highest BCUT2D eigenvalue weighted by Gasteiger charge is 2.32. The molecule has 5 heteroatoms. The number of carbonyl (C=O) groups is 1. The van der Waals surface area contributed by atoms with Crippen LogP contribution in [0.5, 0.6) is 5.75 Å². The van der Waals surface area contributed by atoms with Crippen molar-refractivity contribution >= 4 is 23.5 Å². The Morgan fingerprint density at radius 2 is 1.71 bits per heavy atom. The van der Waals surface area contributed by atoms with Crippen LogP contribution < -0.4 is 9.64 Å². The predicted octanol–water partition coefficient (Wildman–Crippen LogP) is 4.67. The number of benzene rings is 3. The minimum Gasteiger partial charge on any atom is -0.497 e. The highest BCUT2D eigenvalue weighted by Crippen LogP contribution is 2.28. The molecule has 0 spiro atoms. The van der Waals surface area contributed by atoms with Gasteiger partial charge in [0.1, 0.15) is 23.1 Å². The van der Waals surface area contributed by atoms with Gasteiger partial charge in [-0.15, -0.1) is 0 Å². The number of aliphatic imine (C=N–C) groups is 1. The lowest BCUT2D eigenvalue weighted by Gasteiger charge is -2.18. The van der Waals surface area contributed by atoms with E-state index in [4.69, 9.17) is 4.74 Å². The molecule has 0 saturated heterocycles. The Balaban J connectivity index is 1.81. The second-order valence-electron chi connectivity index (χ2n) is 6.22. The van der Waals surface area contributed by atoms with Crippen molar-refractivity contribution in [2.45, 2.75) is 0 Å². The van der Waals surface area contributed by atoms with E-state index in [1.807, 2.05) is 54.6 Å². The first-order valence-electron chi connectivity index (χ1n) is 8.75. The van der Waals surface area contributed by atoms with Crippen molar-refractivity contribution < 1.29 is 13.9 Å². The molecule has 3 aromatic carbocycles. The van der Waals surface area contributed by atoms with Crippen LogP contribution in [0.1, 0.15) is 11.1 Å². The lowest BCUT2D eigenvalue weighted by Crippen LogP contribution is -2.32. The summed E-state index contributed by atoms with van der Waals surface area (Å²) in [6, 6.07) is 22.6. The summed E-state index contributed by atoms with van der Waals surface area (Å²) in [5.41, 5.74) is 2.47. The van der Waals surface area contributed by atoms with Crippen molar-refractivity contribution in [2.24, 2.45) is 4.99 Å². The van der Waals surface area contributed by atoms with Crippen LogP contribution in [-0.2, 0) is 4.79 Å². The van der Waals surface area contributed by atoms with Gasteiger partial charge < -0.3 is 4.74 Å². The van der Waals surface area contributed by atoms with E-state index in [1.165, 1.54) is 12.1 Å². The molecule has 1 aliphatic heterocycles. The number of nitrogens with zero attached hydrogens (tertiary/aromatic N) is 2. The van der Waals surface area contributed by atoms with E-state index in [1.54, 1.807) is 30.2 Å². The summed E-state index contributed by atoms with van der Waals surface area (Å²) in [6.07, 6.45) is 1.72. The molecule has 4 rings (SSSR count). The first kappa shape index (κ1) is 17.7. The third kappa shape index (κ3) is 3.42. The molecule has 0 aliphatic carbocycles. The molecule has 28 heavy (non-hydrogen) atoms. The van der Waals surface area contributed by atoms with E-state index in [9.17, 15) is 9.18 Å². The van der Waals surface area contributed by atoms with Crippen LogP contribution in [0.15, 0.2) is 89.6 Å². The molecular formula is C23H17FN2O2. The van der Waals surface area contributed by atoms with E-state index >= 15 is 0 Å². The first-order chi connectivity index (χ1) is 13.7. The summed E-state index contributed by atoms with van der Waals surface area (Å²) in [4.78, 5) is 19.3. The number of anilines is 1. The van der Waals surface area contributed by atoms with Crippen molar-refractivity contribution in [3.63, 3.8) is 0 Å². The van der Waals surface area contributed by atoms with Gasteiger partial charge in [0, 0.05) is 5.56 Å².